The smallest absolute Gasteiger partial charge is 0.164 e. The maximum absolute atomic E-state index is 9.65. The van der Waals surface area contributed by atoms with Crippen LogP contribution >= 0.6 is 0 Å². The first kappa shape index (κ1) is 10.3. The molecule has 0 bridgehead atoms. The van der Waals surface area contributed by atoms with Gasteiger partial charge in [-0.25, -0.2) is 0 Å². The lowest BCUT2D eigenvalue weighted by Gasteiger charge is -2.11. The highest BCUT2D eigenvalue weighted by Gasteiger charge is 2.18. The van der Waals surface area contributed by atoms with E-state index in [0.29, 0.717) is 18.3 Å². The number of phenols is 1. The van der Waals surface area contributed by atoms with Gasteiger partial charge in [0, 0.05) is 0 Å². The molecule has 0 fully saturated rings. The lowest BCUT2D eigenvalue weighted by molar-refractivity contribution is 0.279. The molecule has 3 nitrogen and oxygen atoms in total. The Balaban J connectivity index is 2.22. The maximum atomic E-state index is 9.65. The summed E-state index contributed by atoms with van der Waals surface area (Å²) in [6.07, 6.45) is 3.00. The van der Waals surface area contributed by atoms with Crippen LogP contribution in [-0.2, 0) is 6.42 Å². The fourth-order valence-electron chi connectivity index (χ4n) is 2.12. The van der Waals surface area contributed by atoms with E-state index in [1.54, 1.807) is 6.07 Å². The molecular weight excluding hydrogens is 190 g/mol. The van der Waals surface area contributed by atoms with Gasteiger partial charge < -0.3 is 15.6 Å². The van der Waals surface area contributed by atoms with Crippen LogP contribution in [0.5, 0.6) is 11.5 Å². The third-order valence-corrected chi connectivity index (χ3v) is 2.93. The molecule has 1 aliphatic rings. The van der Waals surface area contributed by atoms with Gasteiger partial charge in [-0.05, 0) is 43.4 Å². The summed E-state index contributed by atoms with van der Waals surface area (Å²) < 4.78 is 5.56. The van der Waals surface area contributed by atoms with Crippen molar-refractivity contribution in [3.8, 4) is 11.5 Å². The molecule has 1 aromatic rings. The first-order valence-electron chi connectivity index (χ1n) is 5.45. The zero-order chi connectivity index (χ0) is 10.7. The molecule has 0 spiro atoms. The second-order valence-corrected chi connectivity index (χ2v) is 4.05. The molecule has 2 rings (SSSR count). The van der Waals surface area contributed by atoms with Crippen molar-refractivity contribution < 1.29 is 9.84 Å². The lowest BCUT2D eigenvalue weighted by Crippen LogP contribution is -2.11. The van der Waals surface area contributed by atoms with E-state index in [9.17, 15) is 5.11 Å². The molecular formula is C12H17NO2. The van der Waals surface area contributed by atoms with E-state index in [-0.39, 0.29) is 5.75 Å². The summed E-state index contributed by atoms with van der Waals surface area (Å²) in [4.78, 5) is 0. The highest BCUT2D eigenvalue weighted by atomic mass is 16.5. The number of para-hydroxylation sites is 1. The normalized spacial score (nSPS) is 20.2. The monoisotopic (exact) mass is 207 g/mol. The molecule has 0 amide bonds. The van der Waals surface area contributed by atoms with Gasteiger partial charge in [0.05, 0.1) is 6.61 Å². The molecule has 0 aliphatic carbocycles. The molecule has 1 heterocycles. The molecule has 0 saturated carbocycles. The fourth-order valence-corrected chi connectivity index (χ4v) is 2.12. The number of nitrogens with two attached hydrogens (primary N) is 1. The van der Waals surface area contributed by atoms with Gasteiger partial charge in [0.2, 0.25) is 0 Å². The Hall–Kier alpha value is -1.22. The van der Waals surface area contributed by atoms with Gasteiger partial charge in [0.25, 0.3) is 0 Å². The molecule has 1 unspecified atom stereocenters. The highest BCUT2D eigenvalue weighted by Crippen LogP contribution is 2.35. The minimum atomic E-state index is 0.251. The Bertz CT molecular complexity index is 338. The van der Waals surface area contributed by atoms with Crippen LogP contribution < -0.4 is 10.5 Å². The van der Waals surface area contributed by atoms with E-state index in [0.717, 1.165) is 31.4 Å². The van der Waals surface area contributed by atoms with Crippen molar-refractivity contribution in [1.29, 1.82) is 0 Å². The van der Waals surface area contributed by atoms with E-state index in [1.165, 1.54) is 0 Å². The number of hydrogen-bond donors (Lipinski definition) is 2. The second-order valence-electron chi connectivity index (χ2n) is 4.05. The van der Waals surface area contributed by atoms with Crippen molar-refractivity contribution in [2.75, 3.05) is 13.2 Å². The summed E-state index contributed by atoms with van der Waals surface area (Å²) in [5, 5.41) is 9.65. The molecule has 1 atom stereocenters. The van der Waals surface area contributed by atoms with E-state index >= 15 is 0 Å². The zero-order valence-corrected chi connectivity index (χ0v) is 8.78. The number of benzene rings is 1. The minimum absolute atomic E-state index is 0.251. The van der Waals surface area contributed by atoms with Gasteiger partial charge in [-0.2, -0.15) is 0 Å². The summed E-state index contributed by atoms with van der Waals surface area (Å²) in [7, 11) is 0. The molecule has 1 aliphatic heterocycles. The van der Waals surface area contributed by atoms with E-state index in [2.05, 4.69) is 0 Å². The van der Waals surface area contributed by atoms with Crippen molar-refractivity contribution >= 4 is 0 Å². The van der Waals surface area contributed by atoms with Crippen molar-refractivity contribution in [2.24, 2.45) is 11.7 Å². The largest absolute Gasteiger partial charge is 0.504 e. The predicted molar refractivity (Wildman–Crippen MR) is 59.1 cm³/mol. The Labute approximate surface area is 89.9 Å². The molecule has 1 aromatic carbocycles. The summed E-state index contributed by atoms with van der Waals surface area (Å²) in [6.45, 7) is 1.40. The van der Waals surface area contributed by atoms with Gasteiger partial charge in [-0.15, -0.1) is 0 Å². The topological polar surface area (TPSA) is 55.5 Å². The van der Waals surface area contributed by atoms with Crippen LogP contribution in [0.25, 0.3) is 0 Å². The quantitative estimate of drug-likeness (QED) is 0.775. The van der Waals surface area contributed by atoms with E-state index in [4.69, 9.17) is 10.5 Å². The molecule has 0 radical (unpaired) electrons. The summed E-state index contributed by atoms with van der Waals surface area (Å²) in [6, 6.07) is 5.55. The third kappa shape index (κ3) is 2.23. The van der Waals surface area contributed by atoms with Gasteiger partial charge >= 0.3 is 0 Å². The number of aromatic hydroxyl groups is 1. The lowest BCUT2D eigenvalue weighted by atomic mass is 9.94. The van der Waals surface area contributed by atoms with Crippen molar-refractivity contribution in [2.45, 2.75) is 19.3 Å². The van der Waals surface area contributed by atoms with Crippen LogP contribution in [0.4, 0.5) is 0 Å². The average molecular weight is 207 g/mol. The van der Waals surface area contributed by atoms with Gasteiger partial charge in [-0.3, -0.25) is 0 Å². The first-order chi connectivity index (χ1) is 7.31. The summed E-state index contributed by atoms with van der Waals surface area (Å²) in [5.74, 6) is 1.50. The zero-order valence-electron chi connectivity index (χ0n) is 8.78. The number of rotatable bonds is 2. The SMILES string of the molecule is NCCC1CCOc2c(O)cccc2C1. The van der Waals surface area contributed by atoms with Crippen LogP contribution in [0, 0.1) is 5.92 Å². The molecule has 15 heavy (non-hydrogen) atoms. The Morgan fingerprint density at radius 2 is 2.33 bits per heavy atom. The molecule has 3 N–H and O–H groups in total. The molecule has 0 aromatic heterocycles. The van der Waals surface area contributed by atoms with Crippen LogP contribution in [0.1, 0.15) is 18.4 Å². The number of phenolic OH excluding ortho intramolecular Hbond substituents is 1. The number of fused-ring (bicyclic) bond motifs is 1. The van der Waals surface area contributed by atoms with Crippen LogP contribution in [0.15, 0.2) is 18.2 Å². The Morgan fingerprint density at radius 1 is 1.47 bits per heavy atom. The number of ether oxygens (including phenoxy) is 1. The average Bonchev–Trinajstić information content (AvgIpc) is 2.41. The molecule has 82 valence electrons. The summed E-state index contributed by atoms with van der Waals surface area (Å²) in [5.41, 5.74) is 6.67. The Morgan fingerprint density at radius 3 is 3.13 bits per heavy atom. The van der Waals surface area contributed by atoms with Crippen molar-refractivity contribution in [3.63, 3.8) is 0 Å². The summed E-state index contributed by atoms with van der Waals surface area (Å²) >= 11 is 0. The first-order valence-corrected chi connectivity index (χ1v) is 5.45. The molecule has 0 saturated heterocycles. The van der Waals surface area contributed by atoms with Crippen LogP contribution in [0.2, 0.25) is 0 Å². The standard InChI is InChI=1S/C12H17NO2/c13-6-4-9-5-7-15-12-10(8-9)2-1-3-11(12)14/h1-3,9,14H,4-8,13H2. The van der Waals surface area contributed by atoms with Crippen LogP contribution in [-0.4, -0.2) is 18.3 Å². The van der Waals surface area contributed by atoms with Gasteiger partial charge in [0.15, 0.2) is 11.5 Å². The van der Waals surface area contributed by atoms with Crippen molar-refractivity contribution in [1.82, 2.24) is 0 Å². The van der Waals surface area contributed by atoms with Gasteiger partial charge in [-0.1, -0.05) is 12.1 Å². The highest BCUT2D eigenvalue weighted by molar-refractivity contribution is 5.46. The van der Waals surface area contributed by atoms with Crippen LogP contribution in [0.3, 0.4) is 0 Å². The van der Waals surface area contributed by atoms with E-state index < -0.39 is 0 Å². The third-order valence-electron chi connectivity index (χ3n) is 2.93. The fraction of sp³-hybridized carbons (Fsp3) is 0.500. The Kier molecular flexibility index (Phi) is 3.11. The second kappa shape index (κ2) is 4.53. The van der Waals surface area contributed by atoms with Crippen molar-refractivity contribution in [3.05, 3.63) is 23.8 Å². The van der Waals surface area contributed by atoms with Gasteiger partial charge in [0.1, 0.15) is 0 Å². The predicted octanol–water partition coefficient (Wildman–Crippen LogP) is 1.68. The van der Waals surface area contributed by atoms with E-state index in [1.807, 2.05) is 12.1 Å². The maximum Gasteiger partial charge on any atom is 0.164 e. The number of hydrogen-bond acceptors (Lipinski definition) is 3. The minimum Gasteiger partial charge on any atom is -0.504 e. The molecule has 3 heteroatoms.